The number of rotatable bonds is 4. The molecule has 1 N–H and O–H groups in total. The summed E-state index contributed by atoms with van der Waals surface area (Å²) in [6.07, 6.45) is 2.26. The van der Waals surface area contributed by atoms with Gasteiger partial charge in [0.2, 0.25) is 0 Å². The standard InChI is InChI=1S/C19H24N2/c1-3-19(20-2)16-8-10-18(11-9-16)21-13-12-15-6-4-5-7-17(15)14-21/h4-11,19-20H,3,12-14H2,1-2H3. The molecule has 0 amide bonds. The van der Waals surface area contributed by atoms with E-state index in [4.69, 9.17) is 0 Å². The van der Waals surface area contributed by atoms with Gasteiger partial charge in [0, 0.05) is 24.8 Å². The van der Waals surface area contributed by atoms with Gasteiger partial charge < -0.3 is 10.2 Å². The molecule has 0 saturated carbocycles. The number of hydrogen-bond donors (Lipinski definition) is 1. The molecule has 110 valence electrons. The van der Waals surface area contributed by atoms with Crippen LogP contribution in [0.3, 0.4) is 0 Å². The second kappa shape index (κ2) is 6.31. The van der Waals surface area contributed by atoms with Gasteiger partial charge in [0.15, 0.2) is 0 Å². The molecule has 1 unspecified atom stereocenters. The van der Waals surface area contributed by atoms with Gasteiger partial charge in [-0.05, 0) is 48.7 Å². The van der Waals surface area contributed by atoms with Crippen molar-refractivity contribution in [3.63, 3.8) is 0 Å². The van der Waals surface area contributed by atoms with Gasteiger partial charge in [-0.3, -0.25) is 0 Å². The maximum atomic E-state index is 3.37. The van der Waals surface area contributed by atoms with Crippen molar-refractivity contribution >= 4 is 5.69 Å². The Balaban J connectivity index is 1.76. The zero-order chi connectivity index (χ0) is 14.7. The summed E-state index contributed by atoms with van der Waals surface area (Å²) in [5.74, 6) is 0. The van der Waals surface area contributed by atoms with Crippen molar-refractivity contribution in [3.05, 3.63) is 65.2 Å². The van der Waals surface area contributed by atoms with Crippen LogP contribution in [0, 0.1) is 0 Å². The van der Waals surface area contributed by atoms with Gasteiger partial charge in [-0.25, -0.2) is 0 Å². The second-order valence-electron chi connectivity index (χ2n) is 5.78. The number of anilines is 1. The predicted molar refractivity (Wildman–Crippen MR) is 89.7 cm³/mol. The van der Waals surface area contributed by atoms with Gasteiger partial charge in [-0.2, -0.15) is 0 Å². The summed E-state index contributed by atoms with van der Waals surface area (Å²) in [7, 11) is 2.03. The molecular weight excluding hydrogens is 256 g/mol. The Kier molecular flexibility index (Phi) is 4.26. The monoisotopic (exact) mass is 280 g/mol. The molecule has 1 heterocycles. The zero-order valence-electron chi connectivity index (χ0n) is 13.0. The number of hydrogen-bond acceptors (Lipinski definition) is 2. The molecule has 3 rings (SSSR count). The first kappa shape index (κ1) is 14.2. The Morgan fingerprint density at radius 1 is 1.05 bits per heavy atom. The van der Waals surface area contributed by atoms with Gasteiger partial charge in [0.25, 0.3) is 0 Å². The third-order valence-electron chi connectivity index (χ3n) is 4.55. The van der Waals surface area contributed by atoms with Crippen LogP contribution < -0.4 is 10.2 Å². The van der Waals surface area contributed by atoms with Crippen molar-refractivity contribution in [2.45, 2.75) is 32.4 Å². The summed E-state index contributed by atoms with van der Waals surface area (Å²) < 4.78 is 0. The maximum absolute atomic E-state index is 3.37. The highest BCUT2D eigenvalue weighted by molar-refractivity contribution is 5.50. The third-order valence-corrected chi connectivity index (χ3v) is 4.55. The normalized spacial score (nSPS) is 15.6. The summed E-state index contributed by atoms with van der Waals surface area (Å²) in [5.41, 5.74) is 5.68. The number of fused-ring (bicyclic) bond motifs is 1. The molecule has 0 aliphatic carbocycles. The minimum Gasteiger partial charge on any atom is -0.367 e. The first-order valence-electron chi connectivity index (χ1n) is 7.90. The zero-order valence-corrected chi connectivity index (χ0v) is 13.0. The molecule has 0 radical (unpaired) electrons. The molecule has 0 fully saturated rings. The third kappa shape index (κ3) is 2.96. The van der Waals surface area contributed by atoms with Crippen LogP contribution in [0.1, 0.15) is 36.1 Å². The van der Waals surface area contributed by atoms with Crippen molar-refractivity contribution in [2.24, 2.45) is 0 Å². The highest BCUT2D eigenvalue weighted by Crippen LogP contribution is 2.26. The second-order valence-corrected chi connectivity index (χ2v) is 5.78. The number of nitrogens with zero attached hydrogens (tertiary/aromatic N) is 1. The Morgan fingerprint density at radius 3 is 2.43 bits per heavy atom. The fourth-order valence-electron chi connectivity index (χ4n) is 3.24. The van der Waals surface area contributed by atoms with E-state index in [-0.39, 0.29) is 0 Å². The van der Waals surface area contributed by atoms with Crippen molar-refractivity contribution in [1.29, 1.82) is 0 Å². The fraction of sp³-hybridized carbons (Fsp3) is 0.368. The van der Waals surface area contributed by atoms with Gasteiger partial charge in [0.05, 0.1) is 0 Å². The fourth-order valence-corrected chi connectivity index (χ4v) is 3.24. The van der Waals surface area contributed by atoms with E-state index in [2.05, 4.69) is 65.7 Å². The van der Waals surface area contributed by atoms with Crippen LogP contribution >= 0.6 is 0 Å². The first-order chi connectivity index (χ1) is 10.3. The highest BCUT2D eigenvalue weighted by atomic mass is 15.1. The molecule has 1 atom stereocenters. The van der Waals surface area contributed by atoms with Crippen LogP contribution in [0.2, 0.25) is 0 Å². The molecule has 2 aromatic rings. The number of nitrogens with one attached hydrogen (secondary N) is 1. The van der Waals surface area contributed by atoms with Crippen molar-refractivity contribution in [2.75, 3.05) is 18.5 Å². The predicted octanol–water partition coefficient (Wildman–Crippen LogP) is 3.92. The van der Waals surface area contributed by atoms with Crippen LogP contribution in [-0.2, 0) is 13.0 Å². The maximum Gasteiger partial charge on any atom is 0.0432 e. The molecule has 1 aliphatic heterocycles. The van der Waals surface area contributed by atoms with E-state index < -0.39 is 0 Å². The molecule has 0 aromatic heterocycles. The lowest BCUT2D eigenvalue weighted by atomic mass is 9.99. The molecule has 21 heavy (non-hydrogen) atoms. The summed E-state index contributed by atoms with van der Waals surface area (Å²) in [5, 5.41) is 3.37. The average Bonchev–Trinajstić information content (AvgIpc) is 2.56. The SMILES string of the molecule is CCC(NC)c1ccc(N2CCc3ccccc3C2)cc1. The van der Waals surface area contributed by atoms with Crippen molar-refractivity contribution < 1.29 is 0 Å². The lowest BCUT2D eigenvalue weighted by molar-refractivity contribution is 0.577. The average molecular weight is 280 g/mol. The van der Waals surface area contributed by atoms with Crippen LogP contribution in [0.25, 0.3) is 0 Å². The molecule has 0 spiro atoms. The van der Waals surface area contributed by atoms with Crippen molar-refractivity contribution in [3.8, 4) is 0 Å². The molecule has 2 aromatic carbocycles. The largest absolute Gasteiger partial charge is 0.367 e. The van der Waals surface area contributed by atoms with Crippen LogP contribution in [0.15, 0.2) is 48.5 Å². The molecule has 2 heteroatoms. The van der Waals surface area contributed by atoms with Crippen LogP contribution in [-0.4, -0.2) is 13.6 Å². The van der Waals surface area contributed by atoms with Gasteiger partial charge in [-0.1, -0.05) is 43.3 Å². The Morgan fingerprint density at radius 2 is 1.76 bits per heavy atom. The topological polar surface area (TPSA) is 15.3 Å². The Bertz CT molecular complexity index is 585. The van der Waals surface area contributed by atoms with E-state index in [0.29, 0.717) is 6.04 Å². The van der Waals surface area contributed by atoms with E-state index in [1.54, 1.807) is 0 Å². The molecule has 2 nitrogen and oxygen atoms in total. The van der Waals surface area contributed by atoms with E-state index in [1.807, 2.05) is 7.05 Å². The minimum atomic E-state index is 0.459. The lowest BCUT2D eigenvalue weighted by Crippen LogP contribution is -2.30. The first-order valence-corrected chi connectivity index (χ1v) is 7.90. The Labute approximate surface area is 127 Å². The van der Waals surface area contributed by atoms with Gasteiger partial charge >= 0.3 is 0 Å². The van der Waals surface area contributed by atoms with E-state index >= 15 is 0 Å². The highest BCUT2D eigenvalue weighted by Gasteiger charge is 2.16. The summed E-state index contributed by atoms with van der Waals surface area (Å²) in [6.45, 7) is 4.36. The van der Waals surface area contributed by atoms with E-state index in [1.165, 1.54) is 22.4 Å². The quantitative estimate of drug-likeness (QED) is 0.913. The lowest BCUT2D eigenvalue weighted by Gasteiger charge is -2.31. The van der Waals surface area contributed by atoms with Crippen molar-refractivity contribution in [1.82, 2.24) is 5.32 Å². The Hall–Kier alpha value is -1.80. The molecule has 1 aliphatic rings. The molecular formula is C19H24N2. The number of benzene rings is 2. The molecule has 0 saturated heterocycles. The summed E-state index contributed by atoms with van der Waals surface area (Å²) >= 11 is 0. The van der Waals surface area contributed by atoms with E-state index in [9.17, 15) is 0 Å². The van der Waals surface area contributed by atoms with Crippen LogP contribution in [0.5, 0.6) is 0 Å². The molecule has 0 bridgehead atoms. The van der Waals surface area contributed by atoms with Gasteiger partial charge in [0.1, 0.15) is 0 Å². The summed E-state index contributed by atoms with van der Waals surface area (Å²) in [4.78, 5) is 2.48. The van der Waals surface area contributed by atoms with Crippen LogP contribution in [0.4, 0.5) is 5.69 Å². The van der Waals surface area contributed by atoms with Gasteiger partial charge in [-0.15, -0.1) is 0 Å². The van der Waals surface area contributed by atoms with E-state index in [0.717, 1.165) is 25.9 Å². The summed E-state index contributed by atoms with van der Waals surface area (Å²) in [6, 6.07) is 18.3. The smallest absolute Gasteiger partial charge is 0.0432 e. The minimum absolute atomic E-state index is 0.459.